The second-order valence-corrected chi connectivity index (χ2v) is 12.9. The van der Waals surface area contributed by atoms with Gasteiger partial charge in [0.25, 0.3) is 5.90 Å². The van der Waals surface area contributed by atoms with Crippen molar-refractivity contribution < 1.29 is 13.6 Å². The first-order chi connectivity index (χ1) is 18.1. The van der Waals surface area contributed by atoms with Gasteiger partial charge in [-0.2, -0.15) is 0 Å². The average Bonchev–Trinajstić information content (AvgIpc) is 3.11. The Morgan fingerprint density at radius 1 is 0.846 bits per heavy atom. The van der Waals surface area contributed by atoms with Crippen LogP contribution in [0.3, 0.4) is 0 Å². The van der Waals surface area contributed by atoms with Gasteiger partial charge in [0.15, 0.2) is 16.6 Å². The highest BCUT2D eigenvalue weighted by Gasteiger charge is 2.36. The molecular formula is C29H23Cl4NO5. The fraction of sp³-hybridized carbons (Fsp3) is 0.276. The standard InChI is InChI=1S/C29H23Cl4NO5/c1-28(2,3)12-29(4,5)34-27-26-21(23(36)17-8-15(31)10-19(33)25(17)39-26)20(38-27)6-13-11-37-24-16(22(13)35)7-14(30)9-18(24)32/h6-11H,12H2,1-5H3/b20-6-,34-27?. The van der Waals surface area contributed by atoms with Gasteiger partial charge in [-0.25, -0.2) is 4.99 Å². The lowest BCUT2D eigenvalue weighted by atomic mass is 9.82. The molecule has 3 heterocycles. The molecule has 0 saturated carbocycles. The zero-order chi connectivity index (χ0) is 28.4. The quantitative estimate of drug-likeness (QED) is 0.232. The molecule has 0 bridgehead atoms. The van der Waals surface area contributed by atoms with Crippen LogP contribution in [0.25, 0.3) is 33.8 Å². The molecule has 2 aromatic carbocycles. The predicted molar refractivity (Wildman–Crippen MR) is 159 cm³/mol. The summed E-state index contributed by atoms with van der Waals surface area (Å²) in [5.74, 6) is 0.287. The number of rotatable bonds is 3. The number of fused-ring (bicyclic) bond motifs is 3. The molecule has 0 atom stereocenters. The highest BCUT2D eigenvalue weighted by molar-refractivity contribution is 6.38. The molecule has 2 aromatic heterocycles. The zero-order valence-electron chi connectivity index (χ0n) is 21.7. The van der Waals surface area contributed by atoms with E-state index in [4.69, 9.17) is 65.0 Å². The molecule has 39 heavy (non-hydrogen) atoms. The summed E-state index contributed by atoms with van der Waals surface area (Å²) >= 11 is 24.9. The number of halogens is 4. The van der Waals surface area contributed by atoms with Crippen LogP contribution in [-0.2, 0) is 4.74 Å². The summed E-state index contributed by atoms with van der Waals surface area (Å²) < 4.78 is 17.9. The van der Waals surface area contributed by atoms with Crippen LogP contribution in [0.2, 0.25) is 20.1 Å². The molecule has 6 nitrogen and oxygen atoms in total. The minimum absolute atomic E-state index is 0.0372. The van der Waals surface area contributed by atoms with Gasteiger partial charge in [0, 0.05) is 10.0 Å². The van der Waals surface area contributed by atoms with Crippen molar-refractivity contribution in [1.29, 1.82) is 0 Å². The molecule has 0 saturated heterocycles. The Labute approximate surface area is 243 Å². The van der Waals surface area contributed by atoms with E-state index in [1.165, 1.54) is 36.6 Å². The molecule has 0 spiro atoms. The van der Waals surface area contributed by atoms with Gasteiger partial charge in [0.2, 0.25) is 11.2 Å². The monoisotopic (exact) mass is 605 g/mol. The highest BCUT2D eigenvalue weighted by atomic mass is 35.5. The maximum Gasteiger partial charge on any atom is 0.260 e. The highest BCUT2D eigenvalue weighted by Crippen LogP contribution is 2.37. The molecule has 0 aliphatic carbocycles. The van der Waals surface area contributed by atoms with Crippen LogP contribution in [0, 0.1) is 5.41 Å². The van der Waals surface area contributed by atoms with Gasteiger partial charge in [-0.1, -0.05) is 67.2 Å². The first kappa shape index (κ1) is 27.8. The Morgan fingerprint density at radius 2 is 1.44 bits per heavy atom. The summed E-state index contributed by atoms with van der Waals surface area (Å²) in [5, 5.41) is 1.28. The van der Waals surface area contributed by atoms with Crippen LogP contribution in [0.15, 0.2) is 53.9 Å². The normalized spacial score (nSPS) is 15.9. The molecular weight excluding hydrogens is 584 g/mol. The van der Waals surface area contributed by atoms with Gasteiger partial charge in [-0.05, 0) is 56.0 Å². The maximum absolute atomic E-state index is 13.8. The van der Waals surface area contributed by atoms with E-state index in [0.29, 0.717) is 6.42 Å². The van der Waals surface area contributed by atoms with Crippen molar-refractivity contribution in [2.24, 2.45) is 10.4 Å². The average molecular weight is 607 g/mol. The van der Waals surface area contributed by atoms with E-state index in [1.807, 2.05) is 13.8 Å². The van der Waals surface area contributed by atoms with Gasteiger partial charge in [-0.15, -0.1) is 0 Å². The Kier molecular flexibility index (Phi) is 6.91. The first-order valence-electron chi connectivity index (χ1n) is 12.0. The van der Waals surface area contributed by atoms with Crippen LogP contribution < -0.4 is 10.9 Å². The fourth-order valence-electron chi connectivity index (χ4n) is 5.01. The van der Waals surface area contributed by atoms with E-state index in [9.17, 15) is 9.59 Å². The van der Waals surface area contributed by atoms with Crippen molar-refractivity contribution in [1.82, 2.24) is 0 Å². The molecule has 0 amide bonds. The van der Waals surface area contributed by atoms with Crippen molar-refractivity contribution in [3.63, 3.8) is 0 Å². The molecule has 1 aliphatic heterocycles. The SMILES string of the molecule is CC(C)(C)CC(C)(C)N=C1O/C(=C\c2coc3c(Cl)cc(Cl)cc3c2=O)c2c1oc1c(Cl)cc(Cl)cc1c2=O. The van der Waals surface area contributed by atoms with E-state index in [2.05, 4.69) is 20.8 Å². The maximum atomic E-state index is 13.8. The third-order valence-electron chi connectivity index (χ3n) is 6.03. The Bertz CT molecular complexity index is 1860. The van der Waals surface area contributed by atoms with Crippen molar-refractivity contribution in [3.8, 4) is 0 Å². The van der Waals surface area contributed by atoms with Crippen LogP contribution in [0.4, 0.5) is 0 Å². The minimum Gasteiger partial charge on any atom is -0.462 e. The number of nitrogens with zero attached hydrogens (tertiary/aromatic N) is 1. The summed E-state index contributed by atoms with van der Waals surface area (Å²) in [5.41, 5.74) is -0.898. The van der Waals surface area contributed by atoms with Gasteiger partial charge in [0.05, 0.1) is 31.9 Å². The lowest BCUT2D eigenvalue weighted by molar-refractivity contribution is 0.285. The smallest absolute Gasteiger partial charge is 0.260 e. The summed E-state index contributed by atoms with van der Waals surface area (Å²) in [6.45, 7) is 10.3. The Hall–Kier alpha value is -2.77. The Morgan fingerprint density at radius 3 is 2.05 bits per heavy atom. The molecule has 0 radical (unpaired) electrons. The second-order valence-electron chi connectivity index (χ2n) is 11.3. The van der Waals surface area contributed by atoms with Crippen molar-refractivity contribution in [2.75, 3.05) is 0 Å². The van der Waals surface area contributed by atoms with Crippen LogP contribution >= 0.6 is 46.4 Å². The third kappa shape index (κ3) is 5.36. The first-order valence-corrected chi connectivity index (χ1v) is 13.5. The molecule has 0 unspecified atom stereocenters. The lowest BCUT2D eigenvalue weighted by Crippen LogP contribution is -2.26. The van der Waals surface area contributed by atoms with Crippen LogP contribution in [0.5, 0.6) is 0 Å². The van der Waals surface area contributed by atoms with Crippen molar-refractivity contribution in [3.05, 3.63) is 88.0 Å². The topological polar surface area (TPSA) is 82.0 Å². The number of ether oxygens (including phenoxy) is 1. The lowest BCUT2D eigenvalue weighted by Gasteiger charge is -2.29. The largest absolute Gasteiger partial charge is 0.462 e. The molecule has 202 valence electrons. The molecule has 0 fully saturated rings. The van der Waals surface area contributed by atoms with Crippen molar-refractivity contribution in [2.45, 2.75) is 46.6 Å². The van der Waals surface area contributed by atoms with E-state index in [0.717, 1.165) is 0 Å². The van der Waals surface area contributed by atoms with Gasteiger partial charge in [-0.3, -0.25) is 9.59 Å². The van der Waals surface area contributed by atoms with Crippen LogP contribution in [-0.4, -0.2) is 11.4 Å². The van der Waals surface area contributed by atoms with E-state index in [-0.39, 0.29) is 76.0 Å². The summed E-state index contributed by atoms with van der Waals surface area (Å²) in [7, 11) is 0. The number of aliphatic imine (C=N–C) groups is 1. The van der Waals surface area contributed by atoms with Gasteiger partial charge >= 0.3 is 0 Å². The number of hydrogen-bond donors (Lipinski definition) is 0. The molecule has 5 rings (SSSR count). The molecule has 4 aromatic rings. The fourth-order valence-corrected chi connectivity index (χ4v) is 6.08. The number of benzene rings is 2. The second kappa shape index (κ2) is 9.70. The van der Waals surface area contributed by atoms with E-state index in [1.54, 1.807) is 0 Å². The third-order valence-corrected chi connectivity index (χ3v) is 7.03. The van der Waals surface area contributed by atoms with Crippen molar-refractivity contribution >= 4 is 86.1 Å². The predicted octanol–water partition coefficient (Wildman–Crippen LogP) is 9.00. The Balaban J connectivity index is 1.77. The zero-order valence-corrected chi connectivity index (χ0v) is 24.7. The minimum atomic E-state index is -0.576. The summed E-state index contributed by atoms with van der Waals surface area (Å²) in [4.78, 5) is 31.9. The summed E-state index contributed by atoms with van der Waals surface area (Å²) in [6, 6.07) is 5.91. The molecule has 0 N–H and O–H groups in total. The van der Waals surface area contributed by atoms with Crippen LogP contribution in [0.1, 0.15) is 57.9 Å². The summed E-state index contributed by atoms with van der Waals surface area (Å²) in [6.07, 6.45) is 3.37. The molecule has 1 aliphatic rings. The van der Waals surface area contributed by atoms with E-state index >= 15 is 0 Å². The van der Waals surface area contributed by atoms with E-state index < -0.39 is 16.4 Å². The van der Waals surface area contributed by atoms with Gasteiger partial charge in [0.1, 0.15) is 17.6 Å². The van der Waals surface area contributed by atoms with Gasteiger partial charge < -0.3 is 13.6 Å². The number of hydrogen-bond acceptors (Lipinski definition) is 6. The molecule has 10 heteroatoms.